The van der Waals surface area contributed by atoms with E-state index < -0.39 is 30.3 Å². The van der Waals surface area contributed by atoms with Gasteiger partial charge in [0.1, 0.15) is 6.61 Å². The molecule has 0 heterocycles. The van der Waals surface area contributed by atoms with E-state index in [4.69, 9.17) is 0 Å². The monoisotopic (exact) mass is 230 g/mol. The highest BCUT2D eigenvalue weighted by Gasteiger charge is 2.41. The number of hydrogen-bond donors (Lipinski definition) is 0. The molecule has 0 rings (SSSR count). The maximum absolute atomic E-state index is 11.9. The summed E-state index contributed by atoms with van der Waals surface area (Å²) in [5.41, 5.74) is 0. The van der Waals surface area contributed by atoms with Gasteiger partial charge in [0.25, 0.3) is 0 Å². The predicted octanol–water partition coefficient (Wildman–Crippen LogP) is 1.65. The van der Waals surface area contributed by atoms with Gasteiger partial charge in [-0.2, -0.15) is 16.7 Å². The number of alkyl halides is 4. The van der Waals surface area contributed by atoms with Crippen molar-refractivity contribution in [2.45, 2.75) is 12.3 Å². The van der Waals surface area contributed by atoms with E-state index in [1.807, 2.05) is 0 Å². The van der Waals surface area contributed by atoms with Crippen molar-refractivity contribution in [2.75, 3.05) is 6.61 Å². The van der Waals surface area contributed by atoms with Crippen molar-refractivity contribution in [3.05, 3.63) is 0 Å². The first-order valence-electron chi connectivity index (χ1n) is 2.40. The van der Waals surface area contributed by atoms with Gasteiger partial charge in [0, 0.05) is 0 Å². The quantitative estimate of drug-likeness (QED) is 0.674. The van der Waals surface area contributed by atoms with E-state index in [1.165, 1.54) is 0 Å². The predicted molar refractivity (Wildman–Crippen MR) is 32.0 cm³/mol. The summed E-state index contributed by atoms with van der Waals surface area (Å²) in [5.74, 6) is -4.36. The van der Waals surface area contributed by atoms with E-state index in [1.54, 1.807) is 0 Å². The topological polar surface area (TPSA) is 35.5 Å². The molecule has 0 saturated heterocycles. The Balaban J connectivity index is 3.83. The number of rotatable bonds is 5. The van der Waals surface area contributed by atoms with Crippen LogP contribution in [-0.2, 0) is 19.3 Å². The summed E-state index contributed by atoms with van der Waals surface area (Å²) in [6.07, 6.45) is -3.88. The van der Waals surface area contributed by atoms with Crippen LogP contribution in [0.15, 0.2) is 0 Å². The summed E-state index contributed by atoms with van der Waals surface area (Å²) >= 11 is 1.76. The van der Waals surface area contributed by atoms with Gasteiger partial charge in [-0.1, -0.05) is 0 Å². The molecule has 0 aromatic carbocycles. The minimum Gasteiger partial charge on any atom is -0.261 e. The Morgan fingerprint density at radius 3 is 2.33 bits per heavy atom. The number of hydrogen-bond acceptors (Lipinski definition) is 3. The van der Waals surface area contributed by atoms with Crippen LogP contribution in [0, 0.1) is 0 Å². The van der Waals surface area contributed by atoms with Crippen molar-refractivity contribution in [2.24, 2.45) is 0 Å². The third-order valence-electron chi connectivity index (χ3n) is 0.718. The lowest BCUT2D eigenvalue weighted by molar-refractivity contribution is -0.147. The lowest BCUT2D eigenvalue weighted by Crippen LogP contribution is -2.32. The normalized spacial score (nSPS) is 15.2. The average Bonchev–Trinajstić information content (AvgIpc) is 2.00. The highest BCUT2D eigenvalue weighted by atomic mass is 35.5. The van der Waals surface area contributed by atoms with Gasteiger partial charge in [0.2, 0.25) is 0 Å². The molecule has 0 bridgehead atoms. The smallest absolute Gasteiger partial charge is 0.261 e. The molecule has 9 heteroatoms. The summed E-state index contributed by atoms with van der Waals surface area (Å²) in [6, 6.07) is 0. The highest BCUT2D eigenvalue weighted by Crippen LogP contribution is 2.23. The Hall–Kier alpha value is 0.0800. The first kappa shape index (κ1) is 12.1. The fourth-order valence-electron chi connectivity index (χ4n) is 0.208. The van der Waals surface area contributed by atoms with Crippen LogP contribution in [0.25, 0.3) is 0 Å². The van der Waals surface area contributed by atoms with Crippen LogP contribution < -0.4 is 0 Å². The largest absolute Gasteiger partial charge is 0.331 e. The first-order valence-corrected chi connectivity index (χ1v) is 3.71. The summed E-state index contributed by atoms with van der Waals surface area (Å²) in [4.78, 5) is 0. The van der Waals surface area contributed by atoms with Gasteiger partial charge in [-0.15, -0.1) is 0 Å². The van der Waals surface area contributed by atoms with Crippen LogP contribution in [0.5, 0.6) is 0 Å². The van der Waals surface area contributed by atoms with Crippen LogP contribution in [0.3, 0.4) is 0 Å². The van der Waals surface area contributed by atoms with Gasteiger partial charge in [0.15, 0.2) is 0 Å². The third-order valence-corrected chi connectivity index (χ3v) is 1.44. The van der Waals surface area contributed by atoms with Gasteiger partial charge in [0.05, 0.1) is 11.9 Å². The van der Waals surface area contributed by atoms with E-state index in [0.717, 1.165) is 0 Å². The van der Waals surface area contributed by atoms with Crippen molar-refractivity contribution in [3.8, 4) is 0 Å². The number of halogens is 5. The first-order chi connectivity index (χ1) is 5.40. The van der Waals surface area contributed by atoms with Crippen LogP contribution in [0.1, 0.15) is 0 Å². The van der Waals surface area contributed by atoms with Crippen LogP contribution in [0.4, 0.5) is 17.6 Å². The van der Waals surface area contributed by atoms with Gasteiger partial charge in [-0.3, -0.25) is 4.18 Å². The molecule has 0 spiro atoms. The zero-order chi connectivity index (χ0) is 9.78. The molecule has 1 atom stereocenters. The minimum atomic E-state index is -4.36. The average molecular weight is 231 g/mol. The minimum absolute atomic E-state index is 1.72. The lowest BCUT2D eigenvalue weighted by Gasteiger charge is -2.12. The van der Waals surface area contributed by atoms with Crippen molar-refractivity contribution in [3.63, 3.8) is 0 Å². The molecule has 0 aliphatic heterocycles. The zero-order valence-corrected chi connectivity index (χ0v) is 6.88. The summed E-state index contributed by atoms with van der Waals surface area (Å²) in [7, 11) is 0. The van der Waals surface area contributed by atoms with Crippen LogP contribution in [0.2, 0.25) is 0 Å². The maximum Gasteiger partial charge on any atom is 0.331 e. The molecule has 0 N–H and O–H groups in total. The Morgan fingerprint density at radius 2 is 2.00 bits per heavy atom. The van der Waals surface area contributed by atoms with Crippen molar-refractivity contribution in [1.29, 1.82) is 0 Å². The van der Waals surface area contributed by atoms with Gasteiger partial charge >= 0.3 is 23.7 Å². The molecular weight excluding hydrogens is 228 g/mol. The summed E-state index contributed by atoms with van der Waals surface area (Å²) < 4.78 is 63.6. The van der Waals surface area contributed by atoms with Crippen molar-refractivity contribution in [1.82, 2.24) is 0 Å². The van der Waals surface area contributed by atoms with Gasteiger partial charge in [-0.05, 0) is 0 Å². The molecule has 0 aliphatic rings. The van der Waals surface area contributed by atoms with Crippen LogP contribution in [-0.4, -0.2) is 23.2 Å². The third kappa shape index (κ3) is 4.19. The zero-order valence-electron chi connectivity index (χ0n) is 5.31. The Kier molecular flexibility index (Phi) is 4.98. The molecule has 0 fully saturated rings. The van der Waals surface area contributed by atoms with E-state index in [9.17, 15) is 21.8 Å². The summed E-state index contributed by atoms with van der Waals surface area (Å²) in [5, 5.41) is 0. The van der Waals surface area contributed by atoms with Gasteiger partial charge < -0.3 is 0 Å². The lowest BCUT2D eigenvalue weighted by atomic mass is 10.4. The molecule has 0 aromatic rings. The molecule has 0 amide bonds. The van der Waals surface area contributed by atoms with Gasteiger partial charge in [-0.25, -0.2) is 8.78 Å². The molecule has 0 aromatic heterocycles. The molecule has 0 saturated carbocycles. The Morgan fingerprint density at radius 1 is 1.50 bits per heavy atom. The van der Waals surface area contributed by atoms with E-state index >= 15 is 0 Å². The van der Waals surface area contributed by atoms with E-state index in [2.05, 4.69) is 19.8 Å². The molecule has 0 aliphatic carbocycles. The molecule has 74 valence electrons. The second-order valence-electron chi connectivity index (χ2n) is 1.59. The fraction of sp³-hybridized carbons (Fsp3) is 1.00. The van der Waals surface area contributed by atoms with Crippen molar-refractivity contribution >= 4 is 23.2 Å². The highest BCUT2D eigenvalue weighted by molar-refractivity contribution is 7.75. The Bertz CT molecular complexity index is 166. The van der Waals surface area contributed by atoms with E-state index in [0.29, 0.717) is 0 Å². The Labute approximate surface area is 72.6 Å². The summed E-state index contributed by atoms with van der Waals surface area (Å²) in [6.45, 7) is -1.72. The molecule has 0 radical (unpaired) electrons. The van der Waals surface area contributed by atoms with Crippen LogP contribution >= 0.6 is 11.9 Å². The second-order valence-corrected chi connectivity index (χ2v) is 2.74. The fourth-order valence-corrected chi connectivity index (χ4v) is 0.607. The SMILES string of the molecule is O=S(OCl)OCC(F)(F)C(F)F. The van der Waals surface area contributed by atoms with Crippen molar-refractivity contribution < 1.29 is 29.7 Å². The molecule has 1 unspecified atom stereocenters. The molecule has 3 nitrogen and oxygen atoms in total. The molecule has 12 heavy (non-hydrogen) atoms. The maximum atomic E-state index is 11.9. The standard InChI is InChI=1S/C3H3ClF4O3S/c4-11-12(9)10-1-3(7,8)2(5)6/h2H,1H2. The van der Waals surface area contributed by atoms with E-state index in [-0.39, 0.29) is 0 Å². The molecular formula is C3H3ClF4O3S. The second kappa shape index (κ2) is 4.95.